The Hall–Kier alpha value is -1.76. The highest BCUT2D eigenvalue weighted by Crippen LogP contribution is 2.25. The summed E-state index contributed by atoms with van der Waals surface area (Å²) in [5.41, 5.74) is 2.20. The highest BCUT2D eigenvalue weighted by atomic mass is 16.5. The number of hydrogen-bond donors (Lipinski definition) is 0. The molecule has 2 rings (SSSR count). The van der Waals surface area contributed by atoms with Crippen LogP contribution in [-0.2, 0) is 4.74 Å². The van der Waals surface area contributed by atoms with E-state index in [9.17, 15) is 0 Å². The second-order valence-corrected chi connectivity index (χ2v) is 3.01. The summed E-state index contributed by atoms with van der Waals surface area (Å²) in [6.45, 7) is 0. The Morgan fingerprint density at radius 3 is 2.50 bits per heavy atom. The number of rotatable bonds is 1. The fraction of sp³-hybridized carbons (Fsp3) is 0. The molecule has 0 aromatic carbocycles. The van der Waals surface area contributed by atoms with Crippen molar-refractivity contribution in [1.29, 1.82) is 0 Å². The van der Waals surface area contributed by atoms with Crippen LogP contribution < -0.4 is 0 Å². The number of allylic oxidation sites excluding steroid dienone is 10. The first-order valence-electron chi connectivity index (χ1n) is 4.48. The molecule has 0 aromatic heterocycles. The van der Waals surface area contributed by atoms with Crippen LogP contribution in [0.25, 0.3) is 0 Å². The van der Waals surface area contributed by atoms with Crippen molar-refractivity contribution < 1.29 is 4.74 Å². The zero-order valence-corrected chi connectivity index (χ0v) is 7.81. The third kappa shape index (κ3) is 1.62. The molecule has 1 heteroatoms. The Bertz CT molecular complexity index is 401. The summed E-state index contributed by atoms with van der Waals surface area (Å²) in [5, 5.41) is 0. The van der Waals surface area contributed by atoms with Gasteiger partial charge >= 0.3 is 0 Å². The number of fused-ring (bicyclic) bond motifs is 1. The van der Waals surface area contributed by atoms with Gasteiger partial charge in [-0.05, 0) is 11.6 Å². The first-order chi connectivity index (χ1) is 6.92. The SMILES string of the molecule is [CH2]OC1=CC=CC=C2C=CC=CC=C21. The molecule has 0 fully saturated rings. The minimum absolute atomic E-state index is 0.793. The Labute approximate surface area is 84.1 Å². The molecule has 2 aliphatic carbocycles. The van der Waals surface area contributed by atoms with Crippen LogP contribution in [0.1, 0.15) is 0 Å². The molecule has 0 heterocycles. The molecule has 2 aliphatic rings. The van der Waals surface area contributed by atoms with E-state index in [1.807, 2.05) is 42.5 Å². The summed E-state index contributed by atoms with van der Waals surface area (Å²) in [4.78, 5) is 0. The van der Waals surface area contributed by atoms with Gasteiger partial charge in [-0.25, -0.2) is 0 Å². The molecule has 0 spiro atoms. The van der Waals surface area contributed by atoms with Crippen molar-refractivity contribution in [1.82, 2.24) is 0 Å². The number of ether oxygens (including phenoxy) is 1. The highest BCUT2D eigenvalue weighted by molar-refractivity contribution is 5.56. The molecular weight excluding hydrogens is 172 g/mol. The first kappa shape index (κ1) is 8.82. The smallest absolute Gasteiger partial charge is 0.127 e. The predicted octanol–water partition coefficient (Wildman–Crippen LogP) is 3.23. The molecule has 0 bridgehead atoms. The van der Waals surface area contributed by atoms with E-state index < -0.39 is 0 Å². The van der Waals surface area contributed by atoms with Crippen molar-refractivity contribution >= 4 is 0 Å². The Morgan fingerprint density at radius 2 is 1.64 bits per heavy atom. The largest absolute Gasteiger partial charge is 0.489 e. The molecule has 1 nitrogen and oxygen atoms in total. The van der Waals surface area contributed by atoms with Gasteiger partial charge in [0.25, 0.3) is 0 Å². The zero-order valence-electron chi connectivity index (χ0n) is 7.81. The van der Waals surface area contributed by atoms with Crippen molar-refractivity contribution in [2.75, 3.05) is 0 Å². The standard InChI is InChI=1S/C13H11O/c1-14-13-10-6-5-8-11-7-3-2-4-9-12(11)13/h2-10H,1H2. The van der Waals surface area contributed by atoms with Gasteiger partial charge in [-0.1, -0.05) is 48.6 Å². The highest BCUT2D eigenvalue weighted by Gasteiger charge is 2.09. The second kappa shape index (κ2) is 3.97. The van der Waals surface area contributed by atoms with Crippen molar-refractivity contribution in [3.05, 3.63) is 78.7 Å². The second-order valence-electron chi connectivity index (χ2n) is 3.01. The lowest BCUT2D eigenvalue weighted by atomic mass is 10.0. The minimum Gasteiger partial charge on any atom is -0.489 e. The van der Waals surface area contributed by atoms with E-state index in [1.165, 1.54) is 0 Å². The van der Waals surface area contributed by atoms with E-state index in [2.05, 4.69) is 19.3 Å². The molecule has 0 N–H and O–H groups in total. The number of hydrogen-bond acceptors (Lipinski definition) is 1. The van der Waals surface area contributed by atoms with Crippen LogP contribution in [0.5, 0.6) is 0 Å². The molecule has 0 aliphatic heterocycles. The Kier molecular flexibility index (Phi) is 2.50. The van der Waals surface area contributed by atoms with Gasteiger partial charge in [0.1, 0.15) is 12.9 Å². The van der Waals surface area contributed by atoms with E-state index in [0.717, 1.165) is 16.9 Å². The van der Waals surface area contributed by atoms with Crippen LogP contribution in [0.2, 0.25) is 0 Å². The summed E-state index contributed by atoms with van der Waals surface area (Å²) in [6.07, 6.45) is 18.0. The van der Waals surface area contributed by atoms with Crippen LogP contribution in [0.4, 0.5) is 0 Å². The van der Waals surface area contributed by atoms with E-state index >= 15 is 0 Å². The maximum Gasteiger partial charge on any atom is 0.127 e. The minimum atomic E-state index is 0.793. The van der Waals surface area contributed by atoms with Crippen LogP contribution in [0.3, 0.4) is 0 Å². The van der Waals surface area contributed by atoms with E-state index in [4.69, 9.17) is 4.74 Å². The fourth-order valence-corrected chi connectivity index (χ4v) is 1.45. The quantitative estimate of drug-likeness (QED) is 0.606. The van der Waals surface area contributed by atoms with Gasteiger partial charge < -0.3 is 4.74 Å². The summed E-state index contributed by atoms with van der Waals surface area (Å²) in [6, 6.07) is 0. The molecule has 0 saturated carbocycles. The molecule has 0 saturated heterocycles. The molecule has 69 valence electrons. The summed E-state index contributed by atoms with van der Waals surface area (Å²) < 4.78 is 5.08. The maximum atomic E-state index is 5.08. The predicted molar refractivity (Wildman–Crippen MR) is 58.1 cm³/mol. The first-order valence-corrected chi connectivity index (χ1v) is 4.48. The van der Waals surface area contributed by atoms with Gasteiger partial charge in [-0.2, -0.15) is 0 Å². The maximum absolute atomic E-state index is 5.08. The van der Waals surface area contributed by atoms with Crippen LogP contribution in [0.15, 0.2) is 71.6 Å². The summed E-state index contributed by atoms with van der Waals surface area (Å²) >= 11 is 0. The molecule has 14 heavy (non-hydrogen) atoms. The van der Waals surface area contributed by atoms with Crippen LogP contribution in [0, 0.1) is 7.11 Å². The monoisotopic (exact) mass is 183 g/mol. The van der Waals surface area contributed by atoms with Crippen LogP contribution in [-0.4, -0.2) is 0 Å². The lowest BCUT2D eigenvalue weighted by Gasteiger charge is -2.08. The molecule has 1 radical (unpaired) electrons. The van der Waals surface area contributed by atoms with Gasteiger partial charge in [0.2, 0.25) is 0 Å². The molecule has 0 aromatic rings. The van der Waals surface area contributed by atoms with Gasteiger partial charge in [-0.3, -0.25) is 0 Å². The third-order valence-electron chi connectivity index (χ3n) is 2.13. The normalized spacial score (nSPS) is 18.8. The molecule has 0 unspecified atom stereocenters. The fourth-order valence-electron chi connectivity index (χ4n) is 1.45. The van der Waals surface area contributed by atoms with Gasteiger partial charge in [0, 0.05) is 5.57 Å². The van der Waals surface area contributed by atoms with Gasteiger partial charge in [0.15, 0.2) is 0 Å². The van der Waals surface area contributed by atoms with E-state index in [1.54, 1.807) is 0 Å². The van der Waals surface area contributed by atoms with Gasteiger partial charge in [-0.15, -0.1) is 0 Å². The molecule has 0 atom stereocenters. The summed E-state index contributed by atoms with van der Waals surface area (Å²) in [5.74, 6) is 0.793. The van der Waals surface area contributed by atoms with E-state index in [-0.39, 0.29) is 0 Å². The van der Waals surface area contributed by atoms with Crippen molar-refractivity contribution in [2.45, 2.75) is 0 Å². The average Bonchev–Trinajstić information content (AvgIpc) is 2.51. The van der Waals surface area contributed by atoms with Crippen LogP contribution >= 0.6 is 0 Å². The molecule has 0 amide bonds. The Morgan fingerprint density at radius 1 is 0.857 bits per heavy atom. The lowest BCUT2D eigenvalue weighted by molar-refractivity contribution is 0.355. The summed E-state index contributed by atoms with van der Waals surface area (Å²) in [7, 11) is 3.45. The van der Waals surface area contributed by atoms with Crippen molar-refractivity contribution in [2.24, 2.45) is 0 Å². The van der Waals surface area contributed by atoms with Crippen molar-refractivity contribution in [3.63, 3.8) is 0 Å². The van der Waals surface area contributed by atoms with Gasteiger partial charge in [0.05, 0.1) is 0 Å². The third-order valence-corrected chi connectivity index (χ3v) is 2.13. The van der Waals surface area contributed by atoms with E-state index in [0.29, 0.717) is 0 Å². The topological polar surface area (TPSA) is 9.23 Å². The molecular formula is C13H11O. The lowest BCUT2D eigenvalue weighted by Crippen LogP contribution is -1.92. The zero-order chi connectivity index (χ0) is 9.80. The Balaban J connectivity index is 2.50. The average molecular weight is 183 g/mol. The van der Waals surface area contributed by atoms with Crippen molar-refractivity contribution in [3.8, 4) is 0 Å².